The summed E-state index contributed by atoms with van der Waals surface area (Å²) < 4.78 is 5.22. The van der Waals surface area contributed by atoms with Crippen LogP contribution in [0.25, 0.3) is 0 Å². The van der Waals surface area contributed by atoms with Gasteiger partial charge in [0, 0.05) is 6.07 Å². The average molecular weight is 282 g/mol. The van der Waals surface area contributed by atoms with Gasteiger partial charge in [0.05, 0.1) is 23.7 Å². The van der Waals surface area contributed by atoms with Crippen molar-refractivity contribution in [1.82, 2.24) is 5.48 Å². The maximum absolute atomic E-state index is 12.0. The monoisotopic (exact) mass is 282 g/mol. The normalized spacial score (nSPS) is 10.4. The number of carbonyl (C=O) groups excluding carboxylic acids is 1. The predicted octanol–water partition coefficient (Wildman–Crippen LogP) is 2.31. The molecule has 0 heterocycles. The van der Waals surface area contributed by atoms with E-state index in [9.17, 15) is 14.9 Å². The Morgan fingerprint density at radius 3 is 2.70 bits per heavy atom. The van der Waals surface area contributed by atoms with Gasteiger partial charge in [-0.1, -0.05) is 19.9 Å². The predicted molar refractivity (Wildman–Crippen MR) is 72.5 cm³/mol. The highest BCUT2D eigenvalue weighted by Gasteiger charge is 2.23. The Hall–Kier alpha value is -2.15. The fourth-order valence-electron chi connectivity index (χ4n) is 1.47. The first-order valence-corrected chi connectivity index (χ1v) is 6.29. The zero-order chi connectivity index (χ0) is 15.1. The number of carbonyl (C=O) groups is 1. The van der Waals surface area contributed by atoms with E-state index in [1.54, 1.807) is 6.92 Å². The molecule has 0 aliphatic carbocycles. The Balaban J connectivity index is 2.95. The molecule has 0 spiro atoms. The Morgan fingerprint density at radius 2 is 2.15 bits per heavy atom. The van der Waals surface area contributed by atoms with Crippen molar-refractivity contribution >= 4 is 11.6 Å². The number of para-hydroxylation sites is 1. The van der Waals surface area contributed by atoms with E-state index in [1.165, 1.54) is 18.2 Å². The minimum atomic E-state index is -0.587. The van der Waals surface area contributed by atoms with Crippen molar-refractivity contribution in [2.45, 2.75) is 20.8 Å². The van der Waals surface area contributed by atoms with E-state index < -0.39 is 10.8 Å². The molecule has 110 valence electrons. The van der Waals surface area contributed by atoms with E-state index in [1.807, 2.05) is 13.8 Å². The second-order valence-corrected chi connectivity index (χ2v) is 4.48. The average Bonchev–Trinajstić information content (AvgIpc) is 2.38. The van der Waals surface area contributed by atoms with Crippen LogP contribution in [0, 0.1) is 16.0 Å². The smallest absolute Gasteiger partial charge is 0.311 e. The minimum absolute atomic E-state index is 0.0503. The quantitative estimate of drug-likeness (QED) is 0.612. The summed E-state index contributed by atoms with van der Waals surface area (Å²) >= 11 is 0. The molecule has 0 atom stereocenters. The number of hydrogen-bond acceptors (Lipinski definition) is 5. The van der Waals surface area contributed by atoms with Gasteiger partial charge in [0.2, 0.25) is 5.75 Å². The summed E-state index contributed by atoms with van der Waals surface area (Å²) in [6, 6.07) is 4.17. The third-order valence-corrected chi connectivity index (χ3v) is 2.31. The van der Waals surface area contributed by atoms with E-state index in [2.05, 4.69) is 5.48 Å². The minimum Gasteiger partial charge on any atom is -0.487 e. The molecule has 0 saturated heterocycles. The number of hydrogen-bond donors (Lipinski definition) is 1. The van der Waals surface area contributed by atoms with Gasteiger partial charge in [-0.25, -0.2) is 5.48 Å². The molecule has 7 nitrogen and oxygen atoms in total. The second-order valence-electron chi connectivity index (χ2n) is 4.48. The summed E-state index contributed by atoms with van der Waals surface area (Å²) in [6.45, 7) is 6.13. The molecular weight excluding hydrogens is 264 g/mol. The van der Waals surface area contributed by atoms with Gasteiger partial charge >= 0.3 is 5.69 Å². The first-order chi connectivity index (χ1) is 9.47. The topological polar surface area (TPSA) is 90.7 Å². The molecule has 1 N–H and O–H groups in total. The first kappa shape index (κ1) is 15.9. The Labute approximate surface area is 117 Å². The summed E-state index contributed by atoms with van der Waals surface area (Å²) in [6.07, 6.45) is 0. The highest BCUT2D eigenvalue weighted by molar-refractivity contribution is 5.97. The lowest BCUT2D eigenvalue weighted by Gasteiger charge is -2.11. The number of ether oxygens (including phenoxy) is 1. The van der Waals surface area contributed by atoms with Crippen molar-refractivity contribution < 1.29 is 19.3 Å². The first-order valence-electron chi connectivity index (χ1n) is 6.29. The lowest BCUT2D eigenvalue weighted by Crippen LogP contribution is -2.26. The molecule has 0 aliphatic rings. The molecule has 0 saturated carbocycles. The molecule has 0 bridgehead atoms. The van der Waals surface area contributed by atoms with Crippen molar-refractivity contribution in [3.8, 4) is 5.75 Å². The highest BCUT2D eigenvalue weighted by Crippen LogP contribution is 2.30. The third-order valence-electron chi connectivity index (χ3n) is 2.31. The van der Waals surface area contributed by atoms with E-state index in [-0.39, 0.29) is 29.5 Å². The number of benzene rings is 1. The zero-order valence-corrected chi connectivity index (χ0v) is 11.7. The summed E-state index contributed by atoms with van der Waals surface area (Å²) in [5.74, 6) is -0.366. The van der Waals surface area contributed by atoms with Gasteiger partial charge in [0.15, 0.2) is 0 Å². The van der Waals surface area contributed by atoms with Crippen molar-refractivity contribution in [2.75, 3.05) is 13.2 Å². The molecule has 7 heteroatoms. The molecule has 0 aromatic heterocycles. The van der Waals surface area contributed by atoms with Crippen molar-refractivity contribution in [2.24, 2.45) is 5.92 Å². The Morgan fingerprint density at radius 1 is 1.45 bits per heavy atom. The van der Waals surface area contributed by atoms with Crippen molar-refractivity contribution in [3.63, 3.8) is 0 Å². The molecule has 0 radical (unpaired) electrons. The number of amides is 1. The molecule has 0 unspecified atom stereocenters. The number of hydroxylamine groups is 1. The van der Waals surface area contributed by atoms with Gasteiger partial charge in [-0.2, -0.15) is 0 Å². The standard InChI is InChI=1S/C13H18N2O5/c1-4-19-12-10(6-5-7-11(12)15(17)18)13(16)14-20-8-9(2)3/h5-7,9H,4,8H2,1-3H3,(H,14,16). The number of nitrogens with zero attached hydrogens (tertiary/aromatic N) is 1. The van der Waals surface area contributed by atoms with Crippen LogP contribution in [0.5, 0.6) is 5.75 Å². The number of nitro groups is 1. The lowest BCUT2D eigenvalue weighted by atomic mass is 10.1. The second kappa shape index (κ2) is 7.44. The van der Waals surface area contributed by atoms with Crippen LogP contribution >= 0.6 is 0 Å². The van der Waals surface area contributed by atoms with Gasteiger partial charge in [0.1, 0.15) is 0 Å². The van der Waals surface area contributed by atoms with Crippen molar-refractivity contribution in [3.05, 3.63) is 33.9 Å². The van der Waals surface area contributed by atoms with Crippen LogP contribution in [0.1, 0.15) is 31.1 Å². The third kappa shape index (κ3) is 4.20. The van der Waals surface area contributed by atoms with Crippen LogP contribution in [0.3, 0.4) is 0 Å². The molecule has 0 fully saturated rings. The SMILES string of the molecule is CCOc1c(C(=O)NOCC(C)C)cccc1[N+](=O)[O-]. The van der Waals surface area contributed by atoms with Gasteiger partial charge in [-0.05, 0) is 18.9 Å². The summed E-state index contributed by atoms with van der Waals surface area (Å²) in [5, 5.41) is 10.9. The van der Waals surface area contributed by atoms with Gasteiger partial charge in [0.25, 0.3) is 5.91 Å². The van der Waals surface area contributed by atoms with Gasteiger partial charge in [-0.15, -0.1) is 0 Å². The molecule has 1 amide bonds. The zero-order valence-electron chi connectivity index (χ0n) is 11.7. The van der Waals surface area contributed by atoms with E-state index in [0.29, 0.717) is 6.61 Å². The summed E-state index contributed by atoms with van der Waals surface area (Å²) in [5.41, 5.74) is 2.08. The van der Waals surface area contributed by atoms with Crippen LogP contribution in [-0.4, -0.2) is 24.0 Å². The van der Waals surface area contributed by atoms with Crippen LogP contribution < -0.4 is 10.2 Å². The summed E-state index contributed by atoms with van der Waals surface area (Å²) in [7, 11) is 0. The van der Waals surface area contributed by atoms with Crippen LogP contribution in [0.15, 0.2) is 18.2 Å². The molecule has 1 aromatic carbocycles. The van der Waals surface area contributed by atoms with E-state index in [4.69, 9.17) is 9.57 Å². The Kier molecular flexibility index (Phi) is 5.92. The molecule has 20 heavy (non-hydrogen) atoms. The lowest BCUT2D eigenvalue weighted by molar-refractivity contribution is -0.385. The number of nitrogens with one attached hydrogen (secondary N) is 1. The fourth-order valence-corrected chi connectivity index (χ4v) is 1.47. The van der Waals surface area contributed by atoms with Gasteiger partial charge in [-0.3, -0.25) is 19.7 Å². The number of rotatable bonds is 7. The van der Waals surface area contributed by atoms with Crippen LogP contribution in [-0.2, 0) is 4.84 Å². The van der Waals surface area contributed by atoms with Crippen LogP contribution in [0.4, 0.5) is 5.69 Å². The maximum Gasteiger partial charge on any atom is 0.311 e. The molecule has 1 rings (SSSR count). The number of nitro benzene ring substituents is 1. The molecule has 0 aliphatic heterocycles. The van der Waals surface area contributed by atoms with Crippen molar-refractivity contribution in [1.29, 1.82) is 0 Å². The largest absolute Gasteiger partial charge is 0.487 e. The highest BCUT2D eigenvalue weighted by atomic mass is 16.7. The fraction of sp³-hybridized carbons (Fsp3) is 0.462. The Bertz CT molecular complexity index is 488. The van der Waals surface area contributed by atoms with E-state index >= 15 is 0 Å². The van der Waals surface area contributed by atoms with Gasteiger partial charge < -0.3 is 4.74 Å². The molecule has 1 aromatic rings. The van der Waals surface area contributed by atoms with E-state index in [0.717, 1.165) is 0 Å². The van der Waals surface area contributed by atoms with Crippen LogP contribution in [0.2, 0.25) is 0 Å². The maximum atomic E-state index is 12.0. The molecular formula is C13H18N2O5. The summed E-state index contributed by atoms with van der Waals surface area (Å²) in [4.78, 5) is 27.3.